The van der Waals surface area contributed by atoms with Crippen LogP contribution in [0.3, 0.4) is 0 Å². The summed E-state index contributed by atoms with van der Waals surface area (Å²) in [4.78, 5) is 4.58. The molecule has 0 saturated heterocycles. The Kier molecular flexibility index (Phi) is 12.7. The first kappa shape index (κ1) is 37.8. The lowest BCUT2D eigenvalue weighted by molar-refractivity contribution is 0.411. The van der Waals surface area contributed by atoms with Gasteiger partial charge in [-0.05, 0) is 104 Å². The van der Waals surface area contributed by atoms with Crippen LogP contribution in [-0.2, 0) is 0 Å². The highest BCUT2D eigenvalue weighted by Crippen LogP contribution is 2.41. The van der Waals surface area contributed by atoms with Crippen molar-refractivity contribution in [1.82, 2.24) is 0 Å². The van der Waals surface area contributed by atoms with Crippen LogP contribution in [0.2, 0.25) is 0 Å². The van der Waals surface area contributed by atoms with Gasteiger partial charge in [-0.1, -0.05) is 96.8 Å². The molecule has 2 unspecified atom stereocenters. The zero-order chi connectivity index (χ0) is 35.4. The van der Waals surface area contributed by atoms with E-state index in [9.17, 15) is 0 Å². The zero-order valence-electron chi connectivity index (χ0n) is 31.8. The molecule has 0 aliphatic heterocycles. The first-order chi connectivity index (χ1) is 22.7. The molecule has 0 aromatic heterocycles. The Morgan fingerprint density at radius 3 is 1.00 bits per heavy atom. The molecule has 0 aliphatic rings. The van der Waals surface area contributed by atoms with Crippen molar-refractivity contribution in [2.75, 3.05) is 52.2 Å². The number of methoxy groups -OCH3 is 2. The largest absolute Gasteiger partial charge is 0.496 e. The molecule has 2 atom stereocenters. The first-order valence-electron chi connectivity index (χ1n) is 17.3. The quantitative estimate of drug-likeness (QED) is 0.131. The fraction of sp³-hybridized carbons (Fsp3) is 0.429. The molecule has 4 rings (SSSR count). The SMILES string of the molecule is COc1cccc(Pc2cc(C(C)C)c(N(C)C)c(C(C)C)c2)c1-c1c(OC)cccc1Pc1cc(C(C)C)c(N(C)C)c(C(C)C)c1. The summed E-state index contributed by atoms with van der Waals surface area (Å²) in [5.41, 5.74) is 10.6. The van der Waals surface area contributed by atoms with Crippen LogP contribution in [0.15, 0.2) is 60.7 Å². The summed E-state index contributed by atoms with van der Waals surface area (Å²) in [6, 6.07) is 22.7. The molecule has 0 saturated carbocycles. The fourth-order valence-electron chi connectivity index (χ4n) is 6.74. The number of hydrogen-bond acceptors (Lipinski definition) is 4. The minimum Gasteiger partial charge on any atom is -0.496 e. The summed E-state index contributed by atoms with van der Waals surface area (Å²) < 4.78 is 12.3. The van der Waals surface area contributed by atoms with E-state index in [1.54, 1.807) is 14.2 Å². The summed E-state index contributed by atoms with van der Waals surface area (Å²) in [5, 5.41) is 5.23. The van der Waals surface area contributed by atoms with E-state index in [1.807, 2.05) is 0 Å². The molecule has 0 bridgehead atoms. The van der Waals surface area contributed by atoms with E-state index in [0.29, 0.717) is 40.8 Å². The van der Waals surface area contributed by atoms with E-state index in [4.69, 9.17) is 9.47 Å². The predicted molar refractivity (Wildman–Crippen MR) is 218 cm³/mol. The number of ether oxygens (including phenoxy) is 2. The molecular weight excluding hydrogens is 626 g/mol. The van der Waals surface area contributed by atoms with Gasteiger partial charge in [0.05, 0.1) is 14.2 Å². The molecule has 0 N–H and O–H groups in total. The van der Waals surface area contributed by atoms with Crippen LogP contribution < -0.4 is 40.5 Å². The van der Waals surface area contributed by atoms with Crippen molar-refractivity contribution in [3.63, 3.8) is 0 Å². The van der Waals surface area contributed by atoms with Gasteiger partial charge in [-0.15, -0.1) is 0 Å². The Bertz CT molecular complexity index is 1540. The van der Waals surface area contributed by atoms with Crippen molar-refractivity contribution < 1.29 is 9.47 Å². The molecule has 0 heterocycles. The highest BCUT2D eigenvalue weighted by Gasteiger charge is 2.24. The maximum Gasteiger partial charge on any atom is 0.127 e. The minimum absolute atomic E-state index is 0.418. The van der Waals surface area contributed by atoms with Crippen molar-refractivity contribution in [3.05, 3.63) is 82.9 Å². The highest BCUT2D eigenvalue weighted by molar-refractivity contribution is 7.56. The summed E-state index contributed by atoms with van der Waals surface area (Å²) in [6.07, 6.45) is 0. The van der Waals surface area contributed by atoms with Crippen LogP contribution in [0.1, 0.15) is 101 Å². The van der Waals surface area contributed by atoms with E-state index in [2.05, 4.69) is 154 Å². The zero-order valence-corrected chi connectivity index (χ0v) is 33.8. The Labute approximate surface area is 295 Å². The van der Waals surface area contributed by atoms with Crippen LogP contribution in [-0.4, -0.2) is 42.4 Å². The molecule has 258 valence electrons. The van der Waals surface area contributed by atoms with Gasteiger partial charge < -0.3 is 19.3 Å². The molecule has 0 aliphatic carbocycles. The monoisotopic (exact) mass is 684 g/mol. The number of anilines is 2. The van der Waals surface area contributed by atoms with Gasteiger partial charge in [0.15, 0.2) is 0 Å². The van der Waals surface area contributed by atoms with Crippen molar-refractivity contribution in [2.45, 2.75) is 79.1 Å². The minimum atomic E-state index is 0.418. The number of hydrogen-bond donors (Lipinski definition) is 0. The van der Waals surface area contributed by atoms with E-state index in [-0.39, 0.29) is 0 Å². The molecule has 0 amide bonds. The summed E-state index contributed by atoms with van der Waals surface area (Å²) >= 11 is 0. The predicted octanol–water partition coefficient (Wildman–Crippen LogP) is 9.26. The molecule has 4 aromatic carbocycles. The average molecular weight is 685 g/mol. The number of nitrogens with zero attached hydrogens (tertiary/aromatic N) is 2. The van der Waals surface area contributed by atoms with Crippen molar-refractivity contribution in [1.29, 1.82) is 0 Å². The Hall–Kier alpha value is -3.06. The standard InChI is InChI=1S/C42H58N2O2P2/c1-25(2)31-21-29(22-32(26(3)4)41(31)43(9)10)47-37-19-15-17-35(45-13)39(37)40-36(46-14)18-16-20-38(40)48-30-23-33(27(5)6)42(44(11)12)34(24-30)28(7)8/h15-28,47-48H,1-14H3. The highest BCUT2D eigenvalue weighted by atomic mass is 31.1. The van der Waals surface area contributed by atoms with Gasteiger partial charge in [-0.25, -0.2) is 0 Å². The topological polar surface area (TPSA) is 24.9 Å². The fourth-order valence-corrected chi connectivity index (χ4v) is 9.37. The molecule has 0 radical (unpaired) electrons. The summed E-state index contributed by atoms with van der Waals surface area (Å²) in [6.45, 7) is 18.4. The van der Waals surface area contributed by atoms with E-state index in [0.717, 1.165) is 22.6 Å². The van der Waals surface area contributed by atoms with Crippen LogP contribution in [0.25, 0.3) is 11.1 Å². The molecule has 6 heteroatoms. The van der Waals surface area contributed by atoms with Gasteiger partial charge in [0.2, 0.25) is 0 Å². The maximum atomic E-state index is 6.14. The second-order valence-electron chi connectivity index (χ2n) is 14.4. The van der Waals surface area contributed by atoms with Gasteiger partial charge >= 0.3 is 0 Å². The molecule has 4 aromatic rings. The third-order valence-corrected chi connectivity index (χ3v) is 11.5. The van der Waals surface area contributed by atoms with E-state index in [1.165, 1.54) is 54.8 Å². The Balaban J connectivity index is 1.95. The van der Waals surface area contributed by atoms with Gasteiger partial charge in [0.1, 0.15) is 11.5 Å². The average Bonchev–Trinajstić information content (AvgIpc) is 3.03. The first-order valence-corrected chi connectivity index (χ1v) is 19.3. The van der Waals surface area contributed by atoms with E-state index >= 15 is 0 Å². The second kappa shape index (κ2) is 16.1. The van der Waals surface area contributed by atoms with Crippen LogP contribution >= 0.6 is 17.2 Å². The van der Waals surface area contributed by atoms with Gasteiger partial charge in [-0.2, -0.15) is 0 Å². The third kappa shape index (κ3) is 8.04. The smallest absolute Gasteiger partial charge is 0.127 e. The van der Waals surface area contributed by atoms with Crippen molar-refractivity contribution in [2.24, 2.45) is 0 Å². The molecule has 0 spiro atoms. The second-order valence-corrected chi connectivity index (χ2v) is 17.2. The van der Waals surface area contributed by atoms with Gasteiger partial charge in [-0.3, -0.25) is 0 Å². The van der Waals surface area contributed by atoms with Crippen LogP contribution in [0, 0.1) is 0 Å². The lowest BCUT2D eigenvalue weighted by atomic mass is 9.92. The maximum absolute atomic E-state index is 6.14. The summed E-state index contributed by atoms with van der Waals surface area (Å²) in [7, 11) is 13.2. The Morgan fingerprint density at radius 2 is 0.771 bits per heavy atom. The lowest BCUT2D eigenvalue weighted by Gasteiger charge is -2.27. The third-order valence-electron chi connectivity index (χ3n) is 9.02. The van der Waals surface area contributed by atoms with Crippen molar-refractivity contribution >= 4 is 49.8 Å². The van der Waals surface area contributed by atoms with Crippen LogP contribution in [0.5, 0.6) is 11.5 Å². The lowest BCUT2D eigenvalue weighted by Crippen LogP contribution is -2.20. The summed E-state index contributed by atoms with van der Waals surface area (Å²) in [5.74, 6) is 3.43. The molecule has 48 heavy (non-hydrogen) atoms. The van der Waals surface area contributed by atoms with Gasteiger partial charge in [0.25, 0.3) is 0 Å². The number of benzene rings is 4. The normalized spacial score (nSPS) is 12.1. The van der Waals surface area contributed by atoms with Gasteiger partial charge in [0, 0.05) is 50.7 Å². The van der Waals surface area contributed by atoms with E-state index < -0.39 is 0 Å². The van der Waals surface area contributed by atoms with Crippen LogP contribution in [0.4, 0.5) is 11.4 Å². The molecule has 0 fully saturated rings. The molecular formula is C42H58N2O2P2. The number of rotatable bonds is 13. The molecule has 4 nitrogen and oxygen atoms in total. The Morgan fingerprint density at radius 1 is 0.479 bits per heavy atom. The van der Waals surface area contributed by atoms with Crippen molar-refractivity contribution in [3.8, 4) is 22.6 Å².